The van der Waals surface area contributed by atoms with E-state index in [4.69, 9.17) is 11.6 Å². The Bertz CT molecular complexity index is 1570. The highest BCUT2D eigenvalue weighted by Gasteiger charge is 2.49. The van der Waals surface area contributed by atoms with E-state index in [9.17, 15) is 14.3 Å². The van der Waals surface area contributed by atoms with E-state index in [0.29, 0.717) is 16.8 Å². The summed E-state index contributed by atoms with van der Waals surface area (Å²) in [6.07, 6.45) is 1.95. The molecule has 1 N–H and O–H groups in total. The largest absolute Gasteiger partial charge is 0.385 e. The third kappa shape index (κ3) is 4.34. The number of nitrogens with zero attached hydrogens (tertiary/aromatic N) is 4. The van der Waals surface area contributed by atoms with Crippen LogP contribution in [0.3, 0.4) is 0 Å². The highest BCUT2D eigenvalue weighted by Crippen LogP contribution is 2.61. The lowest BCUT2D eigenvalue weighted by atomic mass is 10.0. The van der Waals surface area contributed by atoms with E-state index in [1.165, 1.54) is 42.1 Å². The van der Waals surface area contributed by atoms with Gasteiger partial charge in [-0.1, -0.05) is 30.7 Å². The zero-order chi connectivity index (χ0) is 26.6. The van der Waals surface area contributed by atoms with Gasteiger partial charge in [-0.25, -0.2) is 18.7 Å². The Morgan fingerprint density at radius 1 is 1.08 bits per heavy atom. The minimum Gasteiger partial charge on any atom is -0.385 e. The van der Waals surface area contributed by atoms with Crippen LogP contribution in [-0.2, 0) is 0 Å². The van der Waals surface area contributed by atoms with Gasteiger partial charge in [-0.3, -0.25) is 14.3 Å². The van der Waals surface area contributed by atoms with Crippen LogP contribution in [0, 0.1) is 31.4 Å². The van der Waals surface area contributed by atoms with Crippen molar-refractivity contribution in [2.24, 2.45) is 5.92 Å². The maximum atomic E-state index is 16.0. The predicted octanol–water partition coefficient (Wildman–Crippen LogP) is 5.81. The lowest BCUT2D eigenvalue weighted by Gasteiger charge is -2.18. The predicted molar refractivity (Wildman–Crippen MR) is 137 cm³/mol. The van der Waals surface area contributed by atoms with Crippen molar-refractivity contribution in [1.82, 2.24) is 19.5 Å². The molecule has 4 atom stereocenters. The summed E-state index contributed by atoms with van der Waals surface area (Å²) in [6, 6.07) is 9.68. The number of aromatic nitrogens is 4. The van der Waals surface area contributed by atoms with Crippen molar-refractivity contribution in [2.45, 2.75) is 45.6 Å². The fourth-order valence-electron chi connectivity index (χ4n) is 5.12. The van der Waals surface area contributed by atoms with Gasteiger partial charge in [0.1, 0.15) is 22.6 Å². The second kappa shape index (κ2) is 9.43. The first-order valence-electron chi connectivity index (χ1n) is 11.9. The van der Waals surface area contributed by atoms with E-state index in [2.05, 4.69) is 21.9 Å². The van der Waals surface area contributed by atoms with Crippen LogP contribution in [0.5, 0.6) is 0 Å². The summed E-state index contributed by atoms with van der Waals surface area (Å²) in [5.74, 6) is -0.575. The van der Waals surface area contributed by atoms with Crippen LogP contribution in [0.25, 0.3) is 17.1 Å². The van der Waals surface area contributed by atoms with Gasteiger partial charge in [0.25, 0.3) is 5.56 Å². The molecule has 1 aromatic carbocycles. The minimum atomic E-state index is -0.937. The van der Waals surface area contributed by atoms with E-state index in [0.717, 1.165) is 5.56 Å². The SMILES string of the molecule is Cc1cnc(-c2ccnc(C(C)O)n2)c(F)c1-n1c(C)cc(C2C(C)C2c2ccc(F)cc2)c(Cl)c1=O. The number of aliphatic hydroxyl groups excluding tert-OH is 1. The zero-order valence-corrected chi connectivity index (χ0v) is 21.5. The molecule has 0 aliphatic heterocycles. The van der Waals surface area contributed by atoms with Crippen LogP contribution in [-0.4, -0.2) is 24.6 Å². The summed E-state index contributed by atoms with van der Waals surface area (Å²) < 4.78 is 30.6. The van der Waals surface area contributed by atoms with E-state index in [1.54, 1.807) is 26.0 Å². The monoisotopic (exact) mass is 522 g/mol. The zero-order valence-electron chi connectivity index (χ0n) is 20.7. The van der Waals surface area contributed by atoms with Crippen molar-refractivity contribution in [2.75, 3.05) is 0 Å². The highest BCUT2D eigenvalue weighted by molar-refractivity contribution is 6.31. The molecule has 1 aliphatic carbocycles. The van der Waals surface area contributed by atoms with Crippen molar-refractivity contribution in [1.29, 1.82) is 0 Å². The highest BCUT2D eigenvalue weighted by atomic mass is 35.5. The van der Waals surface area contributed by atoms with Gasteiger partial charge in [0.05, 0.1) is 11.4 Å². The standard InChI is InChI=1S/C28H25ClF2N4O2/c1-13-12-33-25(20-9-10-32-27(34-20)16(4)36)24(31)26(13)35-14(2)11-19(23(29)28(35)37)22-15(3)21(22)17-5-7-18(30)8-6-17/h5-12,15-16,21-22,36H,1-4H3. The fraction of sp³-hybridized carbons (Fsp3) is 0.286. The molecule has 1 fully saturated rings. The van der Waals surface area contributed by atoms with Gasteiger partial charge >= 0.3 is 0 Å². The van der Waals surface area contributed by atoms with Crippen LogP contribution in [0.2, 0.25) is 5.02 Å². The maximum absolute atomic E-state index is 16.0. The molecule has 0 amide bonds. The average Bonchev–Trinajstić information content (AvgIpc) is 3.54. The quantitative estimate of drug-likeness (QED) is 0.358. The Morgan fingerprint density at radius 2 is 1.78 bits per heavy atom. The van der Waals surface area contributed by atoms with Crippen LogP contribution >= 0.6 is 11.6 Å². The second-order valence-corrected chi connectivity index (χ2v) is 9.96. The van der Waals surface area contributed by atoms with Gasteiger partial charge in [-0.15, -0.1) is 0 Å². The number of halogens is 3. The molecule has 0 bridgehead atoms. The lowest BCUT2D eigenvalue weighted by molar-refractivity contribution is 0.189. The molecule has 6 nitrogen and oxygen atoms in total. The Kier molecular flexibility index (Phi) is 6.41. The second-order valence-electron chi connectivity index (χ2n) is 9.59. The number of rotatable bonds is 5. The Labute approximate surface area is 217 Å². The van der Waals surface area contributed by atoms with E-state index >= 15 is 4.39 Å². The van der Waals surface area contributed by atoms with Gasteiger partial charge in [-0.05, 0) is 79.5 Å². The molecule has 0 spiro atoms. The molecule has 4 aromatic rings. The van der Waals surface area contributed by atoms with Crippen LogP contribution < -0.4 is 5.56 Å². The summed E-state index contributed by atoms with van der Waals surface area (Å²) in [7, 11) is 0. The van der Waals surface area contributed by atoms with Gasteiger partial charge < -0.3 is 5.11 Å². The molecule has 3 heterocycles. The van der Waals surface area contributed by atoms with Crippen molar-refractivity contribution in [3.05, 3.63) is 104 Å². The molecule has 4 unspecified atom stereocenters. The van der Waals surface area contributed by atoms with Crippen molar-refractivity contribution in [3.8, 4) is 17.1 Å². The van der Waals surface area contributed by atoms with Crippen LogP contribution in [0.4, 0.5) is 8.78 Å². The smallest absolute Gasteiger partial charge is 0.274 e. The molecule has 1 saturated carbocycles. The molecule has 0 radical (unpaired) electrons. The third-order valence-electron chi connectivity index (χ3n) is 7.05. The van der Waals surface area contributed by atoms with E-state index in [-0.39, 0.29) is 51.5 Å². The number of aliphatic hydroxyl groups is 1. The molecular weight excluding hydrogens is 498 g/mol. The van der Waals surface area contributed by atoms with Gasteiger partial charge in [0.15, 0.2) is 11.6 Å². The summed E-state index contributed by atoms with van der Waals surface area (Å²) in [4.78, 5) is 26.0. The summed E-state index contributed by atoms with van der Waals surface area (Å²) >= 11 is 6.64. The van der Waals surface area contributed by atoms with Gasteiger partial charge in [-0.2, -0.15) is 0 Å². The average molecular weight is 523 g/mol. The molecular formula is C28H25ClF2N4O2. The normalized spacial score (nSPS) is 19.6. The summed E-state index contributed by atoms with van der Waals surface area (Å²) in [5.41, 5.74) is 2.29. The Balaban J connectivity index is 1.60. The molecule has 37 heavy (non-hydrogen) atoms. The first kappa shape index (κ1) is 25.2. The molecule has 0 saturated heterocycles. The van der Waals surface area contributed by atoms with E-state index in [1.807, 2.05) is 6.07 Å². The first-order valence-corrected chi connectivity index (χ1v) is 12.3. The van der Waals surface area contributed by atoms with Crippen molar-refractivity contribution in [3.63, 3.8) is 0 Å². The van der Waals surface area contributed by atoms with Gasteiger partial charge in [0.2, 0.25) is 0 Å². The number of hydrogen-bond donors (Lipinski definition) is 1. The molecule has 1 aliphatic rings. The number of benzene rings is 1. The van der Waals surface area contributed by atoms with Crippen LogP contribution in [0.1, 0.15) is 60.0 Å². The Morgan fingerprint density at radius 3 is 2.46 bits per heavy atom. The topological polar surface area (TPSA) is 80.9 Å². The van der Waals surface area contributed by atoms with Crippen LogP contribution in [0.15, 0.2) is 53.6 Å². The third-order valence-corrected chi connectivity index (χ3v) is 7.42. The molecule has 5 rings (SSSR count). The summed E-state index contributed by atoms with van der Waals surface area (Å²) in [5, 5.41) is 9.86. The minimum absolute atomic E-state index is 0.00197. The maximum Gasteiger partial charge on any atom is 0.274 e. The Hall–Kier alpha value is -3.49. The number of hydrogen-bond acceptors (Lipinski definition) is 5. The molecule has 190 valence electrons. The number of aryl methyl sites for hydroxylation is 2. The van der Waals surface area contributed by atoms with Crippen molar-refractivity contribution >= 4 is 11.6 Å². The number of pyridine rings is 2. The first-order chi connectivity index (χ1) is 17.6. The summed E-state index contributed by atoms with van der Waals surface area (Å²) in [6.45, 7) is 6.98. The lowest BCUT2D eigenvalue weighted by Crippen LogP contribution is -2.24. The van der Waals surface area contributed by atoms with Gasteiger partial charge in [0, 0.05) is 18.1 Å². The van der Waals surface area contributed by atoms with Crippen molar-refractivity contribution < 1.29 is 13.9 Å². The molecule has 3 aromatic heterocycles. The molecule has 9 heteroatoms. The fourth-order valence-corrected chi connectivity index (χ4v) is 5.38. The van der Waals surface area contributed by atoms with E-state index < -0.39 is 17.5 Å².